The fourth-order valence-electron chi connectivity index (χ4n) is 3.81. The first-order valence-corrected chi connectivity index (χ1v) is 10.7. The van der Waals surface area contributed by atoms with E-state index < -0.39 is 5.41 Å². The zero-order valence-corrected chi connectivity index (χ0v) is 17.0. The summed E-state index contributed by atoms with van der Waals surface area (Å²) in [6, 6.07) is 0.139. The van der Waals surface area contributed by atoms with Crippen molar-refractivity contribution >= 4 is 34.9 Å². The summed E-state index contributed by atoms with van der Waals surface area (Å²) in [4.78, 5) is 26.8. The monoisotopic (exact) mass is 398 g/mol. The molecule has 9 heteroatoms. The van der Waals surface area contributed by atoms with Crippen molar-refractivity contribution < 1.29 is 14.7 Å². The molecule has 2 heterocycles. The molecular weight excluding hydrogens is 372 g/mol. The van der Waals surface area contributed by atoms with Gasteiger partial charge in [-0.15, -0.1) is 10.2 Å². The first-order chi connectivity index (χ1) is 12.3. The van der Waals surface area contributed by atoms with E-state index in [2.05, 4.69) is 15.5 Å². The topological polar surface area (TPSA) is 95.4 Å². The number of likely N-dealkylation sites (tertiary alicyclic amines) is 1. The number of rotatable bonds is 6. The summed E-state index contributed by atoms with van der Waals surface area (Å²) in [5.74, 6) is 0.948. The average Bonchev–Trinajstić information content (AvgIpc) is 3.11. The van der Waals surface area contributed by atoms with Gasteiger partial charge in [0.25, 0.3) is 0 Å². The Hall–Kier alpha value is -1.19. The number of aliphatic hydroxyl groups excluding tert-OH is 1. The molecule has 2 N–H and O–H groups in total. The number of aliphatic hydroxyl groups is 1. The maximum atomic E-state index is 12.6. The Kier molecular flexibility index (Phi) is 5.88. The van der Waals surface area contributed by atoms with Crippen LogP contribution in [-0.2, 0) is 9.59 Å². The van der Waals surface area contributed by atoms with Crippen molar-refractivity contribution in [3.63, 3.8) is 0 Å². The average molecular weight is 399 g/mol. The maximum absolute atomic E-state index is 12.6. The van der Waals surface area contributed by atoms with E-state index in [1.165, 1.54) is 23.1 Å². The van der Waals surface area contributed by atoms with Crippen LogP contribution in [0.1, 0.15) is 31.7 Å². The van der Waals surface area contributed by atoms with E-state index in [0.29, 0.717) is 30.7 Å². The molecule has 2 amide bonds. The van der Waals surface area contributed by atoms with Crippen LogP contribution >= 0.6 is 23.1 Å². The minimum Gasteiger partial charge on any atom is -0.395 e. The summed E-state index contributed by atoms with van der Waals surface area (Å²) >= 11 is 2.91. The molecule has 2 fully saturated rings. The fraction of sp³-hybridized carbons (Fsp3) is 0.765. The number of carbonyl (C=O) groups excluding carboxylic acids is 2. The first-order valence-electron chi connectivity index (χ1n) is 8.92. The van der Waals surface area contributed by atoms with E-state index >= 15 is 0 Å². The van der Waals surface area contributed by atoms with Gasteiger partial charge in [-0.25, -0.2) is 0 Å². The third-order valence-corrected chi connectivity index (χ3v) is 7.23. The Morgan fingerprint density at radius 1 is 1.31 bits per heavy atom. The Morgan fingerprint density at radius 2 is 1.96 bits per heavy atom. The highest BCUT2D eigenvalue weighted by Gasteiger charge is 2.45. The molecule has 1 saturated heterocycles. The van der Waals surface area contributed by atoms with Crippen LogP contribution in [0.4, 0.5) is 0 Å². The molecule has 3 atom stereocenters. The lowest BCUT2D eigenvalue weighted by Crippen LogP contribution is -2.56. The molecule has 1 aromatic rings. The first kappa shape index (κ1) is 19.6. The van der Waals surface area contributed by atoms with Crippen molar-refractivity contribution in [3.05, 3.63) is 5.01 Å². The third-order valence-electron chi connectivity index (χ3n) is 5.26. The van der Waals surface area contributed by atoms with Crippen molar-refractivity contribution in [2.45, 2.75) is 44.0 Å². The second kappa shape index (κ2) is 7.82. The van der Waals surface area contributed by atoms with E-state index in [9.17, 15) is 14.7 Å². The van der Waals surface area contributed by atoms with Gasteiger partial charge in [-0.05, 0) is 45.4 Å². The van der Waals surface area contributed by atoms with Crippen LogP contribution in [0.25, 0.3) is 0 Å². The second-order valence-corrected chi connectivity index (χ2v) is 10.2. The number of thioether (sulfide) groups is 1. The Morgan fingerprint density at radius 3 is 2.50 bits per heavy atom. The number of carbonyl (C=O) groups is 2. The summed E-state index contributed by atoms with van der Waals surface area (Å²) in [5, 5.41) is 21.5. The number of hydrogen-bond acceptors (Lipinski definition) is 7. The van der Waals surface area contributed by atoms with Crippen molar-refractivity contribution in [2.75, 3.05) is 25.4 Å². The largest absolute Gasteiger partial charge is 0.395 e. The molecule has 3 rings (SSSR count). The number of aryl methyl sites for hydroxylation is 1. The molecule has 0 aromatic carbocycles. The molecule has 1 aliphatic carbocycles. The van der Waals surface area contributed by atoms with Crippen molar-refractivity contribution in [1.82, 2.24) is 20.4 Å². The molecule has 1 saturated carbocycles. The highest BCUT2D eigenvalue weighted by Crippen LogP contribution is 2.38. The van der Waals surface area contributed by atoms with Crippen LogP contribution in [0, 0.1) is 24.2 Å². The zero-order chi connectivity index (χ0) is 18.9. The molecule has 2 bridgehead atoms. The van der Waals surface area contributed by atoms with Crippen LogP contribution in [-0.4, -0.2) is 63.5 Å². The molecule has 1 aliphatic heterocycles. The number of amides is 2. The number of hydrogen-bond donors (Lipinski definition) is 2. The van der Waals surface area contributed by atoms with Crippen LogP contribution in [0.5, 0.6) is 0 Å². The molecular formula is C17H26N4O3S2. The van der Waals surface area contributed by atoms with E-state index in [1.807, 2.05) is 11.8 Å². The lowest BCUT2D eigenvalue weighted by Gasteiger charge is -2.41. The summed E-state index contributed by atoms with van der Waals surface area (Å²) in [7, 11) is 0. The van der Waals surface area contributed by atoms with Gasteiger partial charge < -0.3 is 15.3 Å². The van der Waals surface area contributed by atoms with Gasteiger partial charge >= 0.3 is 0 Å². The Labute approximate surface area is 161 Å². The minimum atomic E-state index is -0.744. The van der Waals surface area contributed by atoms with E-state index in [1.54, 1.807) is 13.8 Å². The fourth-order valence-corrected chi connectivity index (χ4v) is 5.44. The number of fused-ring (bicyclic) bond motifs is 2. The van der Waals surface area contributed by atoms with Gasteiger partial charge in [0.1, 0.15) is 5.01 Å². The standard InChI is InChI=1S/C17H26N4O3S2/c1-10-19-20-16(26-10)25-8-13(23)18-14-11-4-5-12(14)7-21(6-11)15(24)17(2,3)9-22/h11-12,14,22H,4-9H2,1-3H3,(H,18,23)/t11-,12+,14?. The van der Waals surface area contributed by atoms with Gasteiger partial charge in [0.15, 0.2) is 4.34 Å². The number of nitrogens with zero attached hydrogens (tertiary/aromatic N) is 3. The zero-order valence-electron chi connectivity index (χ0n) is 15.4. The quantitative estimate of drug-likeness (QED) is 0.702. The van der Waals surface area contributed by atoms with E-state index in [0.717, 1.165) is 22.2 Å². The molecule has 2 aliphatic rings. The molecule has 1 aromatic heterocycles. The highest BCUT2D eigenvalue weighted by atomic mass is 32.2. The van der Waals surface area contributed by atoms with Gasteiger partial charge in [0.2, 0.25) is 11.8 Å². The summed E-state index contributed by atoms with van der Waals surface area (Å²) in [6.07, 6.45) is 2.06. The van der Waals surface area contributed by atoms with Crippen molar-refractivity contribution in [3.8, 4) is 0 Å². The predicted molar refractivity (Wildman–Crippen MR) is 101 cm³/mol. The second-order valence-electron chi connectivity index (χ2n) is 7.82. The van der Waals surface area contributed by atoms with E-state index in [-0.39, 0.29) is 24.5 Å². The summed E-state index contributed by atoms with van der Waals surface area (Å²) < 4.78 is 0.812. The van der Waals surface area contributed by atoms with Gasteiger partial charge in [-0.3, -0.25) is 9.59 Å². The molecule has 26 heavy (non-hydrogen) atoms. The minimum absolute atomic E-state index is 0.00358. The van der Waals surface area contributed by atoms with Crippen LogP contribution in [0.3, 0.4) is 0 Å². The van der Waals surface area contributed by atoms with Gasteiger partial charge in [0.05, 0.1) is 17.8 Å². The normalized spacial score (nSPS) is 25.4. The van der Waals surface area contributed by atoms with Gasteiger partial charge in [-0.1, -0.05) is 23.1 Å². The van der Waals surface area contributed by atoms with E-state index in [4.69, 9.17) is 0 Å². The Bertz CT molecular complexity index is 665. The molecule has 0 radical (unpaired) electrons. The van der Waals surface area contributed by atoms with Gasteiger partial charge in [-0.2, -0.15) is 0 Å². The van der Waals surface area contributed by atoms with Crippen molar-refractivity contribution in [1.29, 1.82) is 0 Å². The number of piperidine rings is 1. The number of aromatic nitrogens is 2. The number of nitrogens with one attached hydrogen (secondary N) is 1. The molecule has 0 spiro atoms. The van der Waals surface area contributed by atoms with Crippen LogP contribution in [0.2, 0.25) is 0 Å². The van der Waals surface area contributed by atoms with Crippen LogP contribution < -0.4 is 5.32 Å². The SMILES string of the molecule is Cc1nnc(SCC(=O)NC2[C@@H]3CC[C@H]2CN(C(=O)C(C)(C)CO)C3)s1. The molecule has 7 nitrogen and oxygen atoms in total. The van der Waals surface area contributed by atoms with Gasteiger partial charge in [0, 0.05) is 19.1 Å². The highest BCUT2D eigenvalue weighted by molar-refractivity contribution is 8.01. The van der Waals surface area contributed by atoms with Crippen molar-refractivity contribution in [2.24, 2.45) is 17.3 Å². The lowest BCUT2D eigenvalue weighted by molar-refractivity contribution is -0.145. The summed E-state index contributed by atoms with van der Waals surface area (Å²) in [6.45, 7) is 6.61. The Balaban J connectivity index is 1.53. The van der Waals surface area contributed by atoms with Crippen LogP contribution in [0.15, 0.2) is 4.34 Å². The third kappa shape index (κ3) is 4.20. The lowest BCUT2D eigenvalue weighted by atomic mass is 9.87. The molecule has 1 unspecified atom stereocenters. The predicted octanol–water partition coefficient (Wildman–Crippen LogP) is 1.31. The smallest absolute Gasteiger partial charge is 0.230 e. The summed E-state index contributed by atoms with van der Waals surface area (Å²) in [5.41, 5.74) is -0.744. The molecule has 144 valence electrons. The maximum Gasteiger partial charge on any atom is 0.230 e.